The minimum atomic E-state index is -1.35. The van der Waals surface area contributed by atoms with E-state index in [4.69, 9.17) is 15.3 Å². The van der Waals surface area contributed by atoms with Crippen LogP contribution >= 0.6 is 12.6 Å². The predicted molar refractivity (Wildman–Crippen MR) is 92.2 cm³/mol. The Kier molecular flexibility index (Phi) is 11.6. The molecule has 0 aliphatic carbocycles. The lowest BCUT2D eigenvalue weighted by Crippen LogP contribution is -2.51. The molecule has 0 saturated carbocycles. The molecule has 0 bridgehead atoms. The highest BCUT2D eigenvalue weighted by Gasteiger charge is 2.24. The van der Waals surface area contributed by atoms with Gasteiger partial charge in [0.1, 0.15) is 12.1 Å². The number of hydrogen-bond donors (Lipinski definition) is 7. The smallest absolute Gasteiger partial charge is 0.326 e. The van der Waals surface area contributed by atoms with Crippen molar-refractivity contribution < 1.29 is 39.3 Å². The first-order chi connectivity index (χ1) is 12.1. The molecule has 3 amide bonds. The van der Waals surface area contributed by atoms with Gasteiger partial charge < -0.3 is 31.3 Å². The Balaban J connectivity index is 4.40. The molecule has 0 aliphatic heterocycles. The summed E-state index contributed by atoms with van der Waals surface area (Å²) in [6.07, 6.45) is 0.663. The highest BCUT2D eigenvalue weighted by Crippen LogP contribution is 2.04. The molecule has 148 valence electrons. The molecule has 0 aliphatic rings. The second kappa shape index (κ2) is 12.8. The second-order valence-electron chi connectivity index (χ2n) is 5.41. The number of urea groups is 1. The summed E-state index contributed by atoms with van der Waals surface area (Å²) >= 11 is 3.51. The normalized spacial score (nSPS) is 12.5. The van der Waals surface area contributed by atoms with Crippen LogP contribution < -0.4 is 16.0 Å². The summed E-state index contributed by atoms with van der Waals surface area (Å²) in [4.78, 5) is 55.1. The van der Waals surface area contributed by atoms with Crippen molar-refractivity contribution in [1.29, 1.82) is 0 Å². The third kappa shape index (κ3) is 11.9. The van der Waals surface area contributed by atoms with E-state index in [2.05, 4.69) is 28.6 Å². The quantitative estimate of drug-likeness (QED) is 0.172. The molecule has 0 fully saturated rings. The standard InChI is InChI=1S/C14H23N3O8S/c18-10(19)6-3-5-9(12(22)23)17-13(24)16-8(11(20)21)4-1-2-7-15-14(25)26/h8-9H,1-7H2,(H,18,19)(H,20,21)(H,22,23)(H2,15,25,26)(H2,16,17,24). The molecule has 0 aromatic carbocycles. The van der Waals surface area contributed by atoms with Gasteiger partial charge in [-0.1, -0.05) is 12.6 Å². The van der Waals surface area contributed by atoms with Gasteiger partial charge in [0.15, 0.2) is 0 Å². The van der Waals surface area contributed by atoms with Crippen LogP contribution in [0.15, 0.2) is 0 Å². The molecule has 26 heavy (non-hydrogen) atoms. The predicted octanol–water partition coefficient (Wildman–Crippen LogP) is 0.257. The van der Waals surface area contributed by atoms with Crippen LogP contribution in [-0.4, -0.2) is 63.1 Å². The summed E-state index contributed by atoms with van der Waals surface area (Å²) < 4.78 is 0. The summed E-state index contributed by atoms with van der Waals surface area (Å²) in [6.45, 7) is 0.311. The Morgan fingerprint density at radius 3 is 1.73 bits per heavy atom. The van der Waals surface area contributed by atoms with Crippen molar-refractivity contribution in [3.63, 3.8) is 0 Å². The molecule has 11 nitrogen and oxygen atoms in total. The first kappa shape index (κ1) is 23.5. The molecule has 0 rings (SSSR count). The Bertz CT molecular complexity index is 528. The fraction of sp³-hybridized carbons (Fsp3) is 0.643. The van der Waals surface area contributed by atoms with Gasteiger partial charge in [-0.3, -0.25) is 9.59 Å². The van der Waals surface area contributed by atoms with Crippen LogP contribution in [0.4, 0.5) is 9.59 Å². The van der Waals surface area contributed by atoms with Gasteiger partial charge in [0, 0.05) is 13.0 Å². The van der Waals surface area contributed by atoms with Gasteiger partial charge in [0.05, 0.1) is 0 Å². The van der Waals surface area contributed by atoms with Crippen LogP contribution in [0.3, 0.4) is 0 Å². The van der Waals surface area contributed by atoms with E-state index in [-0.39, 0.29) is 25.7 Å². The minimum absolute atomic E-state index is 0.0474. The van der Waals surface area contributed by atoms with Crippen molar-refractivity contribution in [2.24, 2.45) is 0 Å². The fourth-order valence-electron chi connectivity index (χ4n) is 2.00. The average molecular weight is 393 g/mol. The Morgan fingerprint density at radius 2 is 1.31 bits per heavy atom. The van der Waals surface area contributed by atoms with E-state index in [9.17, 15) is 24.0 Å². The molecule has 0 saturated heterocycles. The zero-order valence-corrected chi connectivity index (χ0v) is 14.8. The number of carboxylic acid groups (broad SMARTS) is 3. The van der Waals surface area contributed by atoms with Gasteiger partial charge in [-0.05, 0) is 32.1 Å². The lowest BCUT2D eigenvalue weighted by molar-refractivity contribution is -0.140. The van der Waals surface area contributed by atoms with Crippen molar-refractivity contribution in [2.75, 3.05) is 6.54 Å². The summed E-state index contributed by atoms with van der Waals surface area (Å²) in [5.41, 5.74) is 0. The molecule has 0 aromatic rings. The second-order valence-corrected chi connectivity index (χ2v) is 5.82. The Morgan fingerprint density at radius 1 is 0.808 bits per heavy atom. The van der Waals surface area contributed by atoms with E-state index >= 15 is 0 Å². The maximum absolute atomic E-state index is 11.8. The largest absolute Gasteiger partial charge is 0.481 e. The van der Waals surface area contributed by atoms with Crippen LogP contribution in [0.1, 0.15) is 38.5 Å². The van der Waals surface area contributed by atoms with Crippen molar-refractivity contribution >= 4 is 41.8 Å². The highest BCUT2D eigenvalue weighted by molar-refractivity contribution is 7.96. The maximum atomic E-state index is 11.8. The molecule has 0 spiro atoms. The summed E-state index contributed by atoms with van der Waals surface area (Å²) in [5.74, 6) is -3.71. The Hall–Kier alpha value is -2.50. The molecule has 0 heterocycles. The van der Waals surface area contributed by atoms with Gasteiger partial charge in [-0.25, -0.2) is 14.4 Å². The van der Waals surface area contributed by atoms with Crippen molar-refractivity contribution in [3.05, 3.63) is 0 Å². The lowest BCUT2D eigenvalue weighted by atomic mass is 10.1. The fourth-order valence-corrected chi connectivity index (χ4v) is 2.11. The van der Waals surface area contributed by atoms with Gasteiger partial charge in [0.25, 0.3) is 5.24 Å². The molecule has 0 radical (unpaired) electrons. The monoisotopic (exact) mass is 393 g/mol. The Labute approximate surface area is 154 Å². The SMILES string of the molecule is O=C(O)CCCC(NC(=O)NC(CCCCNC(=O)S)C(=O)O)C(=O)O. The number of carboxylic acids is 3. The summed E-state index contributed by atoms with van der Waals surface area (Å²) in [5, 5.41) is 32.9. The van der Waals surface area contributed by atoms with E-state index < -0.39 is 41.3 Å². The van der Waals surface area contributed by atoms with Crippen molar-refractivity contribution in [1.82, 2.24) is 16.0 Å². The van der Waals surface area contributed by atoms with Gasteiger partial charge >= 0.3 is 23.9 Å². The third-order valence-corrected chi connectivity index (χ3v) is 3.44. The number of unbranched alkanes of at least 4 members (excludes halogenated alkanes) is 1. The number of rotatable bonds is 13. The van der Waals surface area contributed by atoms with E-state index in [1.54, 1.807) is 0 Å². The number of nitrogens with one attached hydrogen (secondary N) is 3. The van der Waals surface area contributed by atoms with Gasteiger partial charge in [-0.2, -0.15) is 0 Å². The van der Waals surface area contributed by atoms with Crippen molar-refractivity contribution in [3.8, 4) is 0 Å². The van der Waals surface area contributed by atoms with Crippen LogP contribution in [0.2, 0.25) is 0 Å². The molecule has 2 unspecified atom stereocenters. The highest BCUT2D eigenvalue weighted by atomic mass is 32.1. The van der Waals surface area contributed by atoms with Crippen LogP contribution in [-0.2, 0) is 14.4 Å². The maximum Gasteiger partial charge on any atom is 0.326 e. The topological polar surface area (TPSA) is 182 Å². The number of amides is 3. The van der Waals surface area contributed by atoms with Gasteiger partial charge in [-0.15, -0.1) is 0 Å². The zero-order chi connectivity index (χ0) is 20.1. The number of hydrogen-bond acceptors (Lipinski definition) is 5. The number of carbonyl (C=O) groups is 5. The molecular weight excluding hydrogens is 370 g/mol. The molecule has 6 N–H and O–H groups in total. The molecular formula is C14H23N3O8S. The average Bonchev–Trinajstić information content (AvgIpc) is 2.51. The number of aliphatic carboxylic acids is 3. The molecule has 2 atom stereocenters. The van der Waals surface area contributed by atoms with E-state index in [0.717, 1.165) is 0 Å². The van der Waals surface area contributed by atoms with Gasteiger partial charge in [0.2, 0.25) is 0 Å². The third-order valence-electron chi connectivity index (χ3n) is 3.29. The zero-order valence-electron chi connectivity index (χ0n) is 13.9. The summed E-state index contributed by atoms with van der Waals surface area (Å²) in [6, 6.07) is -3.52. The van der Waals surface area contributed by atoms with E-state index in [1.165, 1.54) is 0 Å². The van der Waals surface area contributed by atoms with Crippen LogP contribution in [0.25, 0.3) is 0 Å². The van der Waals surface area contributed by atoms with Crippen LogP contribution in [0, 0.1) is 0 Å². The first-order valence-corrected chi connectivity index (χ1v) is 8.29. The summed E-state index contributed by atoms with van der Waals surface area (Å²) in [7, 11) is 0. The van der Waals surface area contributed by atoms with Crippen LogP contribution in [0.5, 0.6) is 0 Å². The molecule has 12 heteroatoms. The van der Waals surface area contributed by atoms with E-state index in [1.807, 2.05) is 0 Å². The number of thiol groups is 1. The number of carbonyl (C=O) groups excluding carboxylic acids is 2. The minimum Gasteiger partial charge on any atom is -0.481 e. The van der Waals surface area contributed by atoms with E-state index in [0.29, 0.717) is 19.4 Å². The first-order valence-electron chi connectivity index (χ1n) is 7.84. The molecule has 0 aromatic heterocycles. The lowest BCUT2D eigenvalue weighted by Gasteiger charge is -2.18. The van der Waals surface area contributed by atoms with Crippen molar-refractivity contribution in [2.45, 2.75) is 50.6 Å².